The molecular formula is C22H36N4O3S2. The van der Waals surface area contributed by atoms with Crippen molar-refractivity contribution in [3.63, 3.8) is 0 Å². The Bertz CT molecular complexity index is 814. The van der Waals surface area contributed by atoms with Crippen LogP contribution in [0.15, 0.2) is 33.0 Å². The Morgan fingerprint density at radius 2 is 1.55 bits per heavy atom. The van der Waals surface area contributed by atoms with E-state index < -0.39 is 10.0 Å². The zero-order chi connectivity index (χ0) is 22.8. The first-order chi connectivity index (χ1) is 15.0. The zero-order valence-electron chi connectivity index (χ0n) is 18.8. The number of amides is 1. The van der Waals surface area contributed by atoms with Gasteiger partial charge in [0.25, 0.3) is 4.34 Å². The summed E-state index contributed by atoms with van der Waals surface area (Å²) in [5, 5.41) is 9.76. The number of carbonyl (C=O) groups excluding carboxylic acids is 1. The molecule has 0 aromatic carbocycles. The molecule has 1 aromatic rings. The summed E-state index contributed by atoms with van der Waals surface area (Å²) in [5.41, 5.74) is 0. The van der Waals surface area contributed by atoms with Gasteiger partial charge in [-0.1, -0.05) is 74.7 Å². The first-order valence-corrected chi connectivity index (χ1v) is 13.4. The third-order valence-electron chi connectivity index (χ3n) is 4.41. The van der Waals surface area contributed by atoms with E-state index in [9.17, 15) is 13.2 Å². The molecule has 0 fully saturated rings. The van der Waals surface area contributed by atoms with Crippen LogP contribution in [-0.2, 0) is 14.8 Å². The lowest BCUT2D eigenvalue weighted by Gasteiger charge is -1.98. The topological polar surface area (TPSA) is 101 Å². The van der Waals surface area contributed by atoms with Gasteiger partial charge >= 0.3 is 10.0 Å². The minimum Gasteiger partial charge on any atom is -0.301 e. The molecule has 0 aliphatic heterocycles. The lowest BCUT2D eigenvalue weighted by Crippen LogP contribution is -2.04. The quantitative estimate of drug-likeness (QED) is 0.129. The van der Waals surface area contributed by atoms with Gasteiger partial charge in [-0.25, -0.2) is 0 Å². The number of allylic oxidation sites excluding steroid dienone is 4. The van der Waals surface area contributed by atoms with Crippen LogP contribution in [0, 0.1) is 0 Å². The number of hydrogen-bond donors (Lipinski definition) is 1. The standard InChI is InChI=1S/C22H36N4O3S2/c1-3-4-5-6-7-8-9-10-11-12-13-14-15-16-17-18-19-23-31(28,29)22-26-25-21(30-22)24-20(2)27/h7-8,10-11,19H,3-6,9,12-18H2,1-2H3,(H,24,25,27)/b8-7+,11-10+,23-19+. The molecule has 9 heteroatoms. The first kappa shape index (κ1) is 27.2. The van der Waals surface area contributed by atoms with Crippen LogP contribution < -0.4 is 5.32 Å². The van der Waals surface area contributed by atoms with Crippen LogP contribution >= 0.6 is 11.3 Å². The van der Waals surface area contributed by atoms with Gasteiger partial charge < -0.3 is 5.32 Å². The van der Waals surface area contributed by atoms with Gasteiger partial charge in [0.1, 0.15) is 0 Å². The third kappa shape index (κ3) is 13.9. The molecule has 1 N–H and O–H groups in total. The summed E-state index contributed by atoms with van der Waals surface area (Å²) >= 11 is 0.792. The van der Waals surface area contributed by atoms with Gasteiger partial charge in [0, 0.05) is 13.1 Å². The highest BCUT2D eigenvalue weighted by Gasteiger charge is 2.18. The summed E-state index contributed by atoms with van der Waals surface area (Å²) in [6.45, 7) is 3.54. The number of hydrogen-bond acceptors (Lipinski definition) is 6. The van der Waals surface area contributed by atoms with E-state index >= 15 is 0 Å². The molecule has 1 rings (SSSR count). The fourth-order valence-electron chi connectivity index (χ4n) is 2.76. The van der Waals surface area contributed by atoms with Crippen LogP contribution in [0.1, 0.15) is 90.9 Å². The highest BCUT2D eigenvalue weighted by Crippen LogP contribution is 2.21. The van der Waals surface area contributed by atoms with Crippen molar-refractivity contribution in [3.8, 4) is 0 Å². The van der Waals surface area contributed by atoms with Crippen molar-refractivity contribution in [2.45, 2.75) is 95.2 Å². The Labute approximate surface area is 191 Å². The molecule has 7 nitrogen and oxygen atoms in total. The van der Waals surface area contributed by atoms with Crippen molar-refractivity contribution < 1.29 is 13.2 Å². The number of unbranched alkanes of at least 4 members (excludes halogenated alkanes) is 9. The molecule has 31 heavy (non-hydrogen) atoms. The molecule has 0 unspecified atom stereocenters. The van der Waals surface area contributed by atoms with E-state index in [1.807, 2.05) is 0 Å². The predicted molar refractivity (Wildman–Crippen MR) is 129 cm³/mol. The molecule has 1 heterocycles. The van der Waals surface area contributed by atoms with Crippen molar-refractivity contribution in [3.05, 3.63) is 24.3 Å². The lowest BCUT2D eigenvalue weighted by molar-refractivity contribution is -0.114. The van der Waals surface area contributed by atoms with Crippen molar-refractivity contribution in [1.82, 2.24) is 10.2 Å². The average Bonchev–Trinajstić information content (AvgIpc) is 3.19. The largest absolute Gasteiger partial charge is 0.311 e. The smallest absolute Gasteiger partial charge is 0.301 e. The number of carbonyl (C=O) groups is 1. The van der Waals surface area contributed by atoms with E-state index in [1.165, 1.54) is 51.7 Å². The molecule has 0 saturated carbocycles. The van der Waals surface area contributed by atoms with Crippen molar-refractivity contribution >= 4 is 38.6 Å². The number of sulfonamides is 1. The number of nitrogens with zero attached hydrogens (tertiary/aromatic N) is 3. The van der Waals surface area contributed by atoms with Crippen LogP contribution in [0.5, 0.6) is 0 Å². The summed E-state index contributed by atoms with van der Waals surface area (Å²) in [6.07, 6.45) is 23.8. The Kier molecular flexibility index (Phi) is 14.7. The molecule has 1 amide bonds. The minimum atomic E-state index is -3.85. The maximum absolute atomic E-state index is 12.1. The molecule has 0 bridgehead atoms. The highest BCUT2D eigenvalue weighted by atomic mass is 32.2. The summed E-state index contributed by atoms with van der Waals surface area (Å²) in [7, 11) is -3.85. The van der Waals surface area contributed by atoms with Gasteiger partial charge in [0.15, 0.2) is 0 Å². The van der Waals surface area contributed by atoms with E-state index in [0.717, 1.165) is 43.4 Å². The van der Waals surface area contributed by atoms with Crippen LogP contribution in [-0.4, -0.2) is 30.7 Å². The van der Waals surface area contributed by atoms with Gasteiger partial charge in [0.05, 0.1) is 0 Å². The Balaban J connectivity index is 2.06. The molecule has 1 aromatic heterocycles. The number of aromatic nitrogens is 2. The van der Waals surface area contributed by atoms with Crippen molar-refractivity contribution in [1.29, 1.82) is 0 Å². The summed E-state index contributed by atoms with van der Waals surface area (Å²) in [5.74, 6) is -0.329. The molecule has 174 valence electrons. The highest BCUT2D eigenvalue weighted by molar-refractivity contribution is 7.92. The normalized spacial score (nSPS) is 12.5. The molecule has 0 spiro atoms. The van der Waals surface area contributed by atoms with Gasteiger partial charge in [-0.05, 0) is 44.9 Å². The third-order valence-corrected chi connectivity index (χ3v) is 6.87. The fraction of sp³-hybridized carbons (Fsp3) is 0.636. The lowest BCUT2D eigenvalue weighted by atomic mass is 10.1. The maximum atomic E-state index is 12.1. The number of nitrogens with one attached hydrogen (secondary N) is 1. The second kappa shape index (κ2) is 16.8. The van der Waals surface area contributed by atoms with Crippen LogP contribution in [0.4, 0.5) is 5.13 Å². The zero-order valence-corrected chi connectivity index (χ0v) is 20.4. The predicted octanol–water partition coefficient (Wildman–Crippen LogP) is 6.07. The number of rotatable bonds is 17. The Morgan fingerprint density at radius 3 is 2.19 bits per heavy atom. The Hall–Kier alpha value is -1.87. The van der Waals surface area contributed by atoms with Gasteiger partial charge in [-0.15, -0.1) is 10.2 Å². The Morgan fingerprint density at radius 1 is 0.935 bits per heavy atom. The summed E-state index contributed by atoms with van der Waals surface area (Å²) < 4.78 is 27.6. The van der Waals surface area contributed by atoms with E-state index in [1.54, 1.807) is 0 Å². The monoisotopic (exact) mass is 468 g/mol. The molecule has 0 radical (unpaired) electrons. The van der Waals surface area contributed by atoms with Gasteiger partial charge in [-0.2, -0.15) is 12.8 Å². The van der Waals surface area contributed by atoms with Gasteiger partial charge in [0.2, 0.25) is 11.0 Å². The second-order valence-corrected chi connectivity index (χ2v) is 10.1. The number of anilines is 1. The SMILES string of the molecule is CCCCC/C=C/C/C=C/CCCCCCC/C=N/S(=O)(=O)c1nnc(NC(C)=O)s1. The first-order valence-electron chi connectivity index (χ1n) is 11.2. The van der Waals surface area contributed by atoms with E-state index in [0.29, 0.717) is 6.42 Å². The summed E-state index contributed by atoms with van der Waals surface area (Å²) in [4.78, 5) is 11.0. The van der Waals surface area contributed by atoms with Crippen molar-refractivity contribution in [2.75, 3.05) is 5.32 Å². The summed E-state index contributed by atoms with van der Waals surface area (Å²) in [6, 6.07) is 0. The van der Waals surface area contributed by atoms with Crippen LogP contribution in [0.3, 0.4) is 0 Å². The molecule has 0 saturated heterocycles. The molecule has 0 atom stereocenters. The van der Waals surface area contributed by atoms with E-state index in [4.69, 9.17) is 0 Å². The van der Waals surface area contributed by atoms with Crippen LogP contribution in [0.2, 0.25) is 0 Å². The second-order valence-electron chi connectivity index (χ2n) is 7.34. The van der Waals surface area contributed by atoms with Gasteiger partial charge in [-0.3, -0.25) is 4.79 Å². The molecule has 0 aliphatic rings. The average molecular weight is 469 g/mol. The molecule has 0 aliphatic carbocycles. The minimum absolute atomic E-state index is 0.148. The van der Waals surface area contributed by atoms with Crippen LogP contribution in [0.25, 0.3) is 0 Å². The molecular weight excluding hydrogens is 432 g/mol. The maximum Gasteiger partial charge on any atom is 0.311 e. The van der Waals surface area contributed by atoms with E-state index in [-0.39, 0.29) is 15.4 Å². The van der Waals surface area contributed by atoms with E-state index in [2.05, 4.69) is 51.1 Å². The van der Waals surface area contributed by atoms with Crippen molar-refractivity contribution in [2.24, 2.45) is 4.40 Å². The fourth-order valence-corrected chi connectivity index (χ4v) is 4.60.